The highest BCUT2D eigenvalue weighted by molar-refractivity contribution is 5.72. The summed E-state index contributed by atoms with van der Waals surface area (Å²) in [7, 11) is 1.89. The molecule has 17 heavy (non-hydrogen) atoms. The Morgan fingerprint density at radius 3 is 2.65 bits per heavy atom. The van der Waals surface area contributed by atoms with Gasteiger partial charge in [-0.1, -0.05) is 0 Å². The monoisotopic (exact) mass is 226 g/mol. The Morgan fingerprint density at radius 1 is 1.12 bits per heavy atom. The highest BCUT2D eigenvalue weighted by Crippen LogP contribution is 2.19. The predicted octanol–water partition coefficient (Wildman–Crippen LogP) is 1.74. The number of fused-ring (bicyclic) bond motifs is 1. The van der Waals surface area contributed by atoms with Crippen LogP contribution in [0.2, 0.25) is 0 Å². The molecule has 2 heterocycles. The predicted molar refractivity (Wildman–Crippen MR) is 63.4 cm³/mol. The molecule has 0 aliphatic rings. The number of nitrogens with zero attached hydrogens (tertiary/aromatic N) is 4. The van der Waals surface area contributed by atoms with Crippen LogP contribution in [-0.4, -0.2) is 24.6 Å². The average molecular weight is 226 g/mol. The van der Waals surface area contributed by atoms with Gasteiger partial charge in [0.1, 0.15) is 11.3 Å². The second-order valence-corrected chi connectivity index (χ2v) is 3.80. The molecule has 5 heteroatoms. The van der Waals surface area contributed by atoms with Gasteiger partial charge in [-0.2, -0.15) is 0 Å². The van der Waals surface area contributed by atoms with Crippen molar-refractivity contribution in [3.63, 3.8) is 0 Å². The molecule has 0 radical (unpaired) electrons. The molecule has 0 spiro atoms. The van der Waals surface area contributed by atoms with E-state index in [4.69, 9.17) is 0 Å². The molecule has 3 aromatic rings. The van der Waals surface area contributed by atoms with Gasteiger partial charge in [0, 0.05) is 12.6 Å². The fourth-order valence-corrected chi connectivity index (χ4v) is 1.67. The summed E-state index contributed by atoms with van der Waals surface area (Å²) in [6, 6.07) is 6.80. The van der Waals surface area contributed by atoms with E-state index in [-0.39, 0.29) is 5.75 Å². The summed E-state index contributed by atoms with van der Waals surface area (Å²) in [6.45, 7) is 0. The molecule has 0 bridgehead atoms. The highest BCUT2D eigenvalue weighted by Gasteiger charge is 2.06. The van der Waals surface area contributed by atoms with Gasteiger partial charge in [0.25, 0.3) is 0 Å². The van der Waals surface area contributed by atoms with Gasteiger partial charge in [-0.05, 0) is 24.3 Å². The van der Waals surface area contributed by atoms with Crippen LogP contribution in [0.25, 0.3) is 22.6 Å². The molecule has 0 unspecified atom stereocenters. The number of hydrogen-bond donors (Lipinski definition) is 1. The van der Waals surface area contributed by atoms with Crippen molar-refractivity contribution in [2.75, 3.05) is 0 Å². The summed E-state index contributed by atoms with van der Waals surface area (Å²) in [5.41, 5.74) is 2.43. The number of aromatic hydroxyl groups is 1. The van der Waals surface area contributed by atoms with Crippen LogP contribution >= 0.6 is 0 Å². The third kappa shape index (κ3) is 1.61. The summed E-state index contributed by atoms with van der Waals surface area (Å²) in [5, 5.41) is 9.23. The molecule has 2 aromatic heterocycles. The first-order valence-electron chi connectivity index (χ1n) is 5.17. The van der Waals surface area contributed by atoms with Crippen LogP contribution in [0.3, 0.4) is 0 Å². The topological polar surface area (TPSA) is 63.8 Å². The summed E-state index contributed by atoms with van der Waals surface area (Å²) in [6.07, 6.45) is 3.41. The fraction of sp³-hybridized carbons (Fsp3) is 0.0833. The molecule has 0 aliphatic heterocycles. The first kappa shape index (κ1) is 9.77. The zero-order chi connectivity index (χ0) is 11.8. The van der Waals surface area contributed by atoms with E-state index in [9.17, 15) is 5.11 Å². The van der Waals surface area contributed by atoms with Gasteiger partial charge in [0.2, 0.25) is 0 Å². The summed E-state index contributed by atoms with van der Waals surface area (Å²) < 4.78 is 1.85. The lowest BCUT2D eigenvalue weighted by molar-refractivity contribution is 0.475. The molecule has 0 saturated carbocycles. The SMILES string of the molecule is Cn1cnc2cnc(-c3ccc(O)cc3)nc21. The van der Waals surface area contributed by atoms with Crippen LogP contribution in [0.15, 0.2) is 36.8 Å². The molecule has 0 aliphatic carbocycles. The maximum absolute atomic E-state index is 9.23. The lowest BCUT2D eigenvalue weighted by atomic mass is 10.2. The van der Waals surface area contributed by atoms with Crippen molar-refractivity contribution in [3.8, 4) is 17.1 Å². The molecule has 1 aromatic carbocycles. The zero-order valence-electron chi connectivity index (χ0n) is 9.20. The van der Waals surface area contributed by atoms with Gasteiger partial charge < -0.3 is 9.67 Å². The smallest absolute Gasteiger partial charge is 0.163 e. The molecule has 5 nitrogen and oxygen atoms in total. The van der Waals surface area contributed by atoms with Crippen LogP contribution in [0, 0.1) is 0 Å². The van der Waals surface area contributed by atoms with Crippen molar-refractivity contribution in [3.05, 3.63) is 36.8 Å². The van der Waals surface area contributed by atoms with Crippen molar-refractivity contribution < 1.29 is 5.11 Å². The number of rotatable bonds is 1. The van der Waals surface area contributed by atoms with Crippen LogP contribution in [0.5, 0.6) is 5.75 Å². The molecule has 3 rings (SSSR count). The molecule has 0 amide bonds. The largest absolute Gasteiger partial charge is 0.508 e. The number of hydrogen-bond acceptors (Lipinski definition) is 4. The van der Waals surface area contributed by atoms with Gasteiger partial charge in [0.15, 0.2) is 11.5 Å². The minimum Gasteiger partial charge on any atom is -0.508 e. The Labute approximate surface area is 97.4 Å². The summed E-state index contributed by atoms with van der Waals surface area (Å²) in [4.78, 5) is 12.9. The van der Waals surface area contributed by atoms with Gasteiger partial charge in [-0.15, -0.1) is 0 Å². The van der Waals surface area contributed by atoms with Crippen molar-refractivity contribution in [2.24, 2.45) is 7.05 Å². The van der Waals surface area contributed by atoms with Crippen molar-refractivity contribution in [1.29, 1.82) is 0 Å². The van der Waals surface area contributed by atoms with Crippen molar-refractivity contribution in [2.45, 2.75) is 0 Å². The number of imidazole rings is 1. The van der Waals surface area contributed by atoms with Crippen LogP contribution in [-0.2, 0) is 7.05 Å². The van der Waals surface area contributed by atoms with E-state index in [0.29, 0.717) is 5.82 Å². The summed E-state index contributed by atoms with van der Waals surface area (Å²) in [5.74, 6) is 0.858. The van der Waals surface area contributed by atoms with Gasteiger partial charge in [0.05, 0.1) is 12.5 Å². The first-order valence-corrected chi connectivity index (χ1v) is 5.17. The van der Waals surface area contributed by atoms with Crippen molar-refractivity contribution >= 4 is 11.2 Å². The van der Waals surface area contributed by atoms with Crippen molar-refractivity contribution in [1.82, 2.24) is 19.5 Å². The molecule has 0 fully saturated rings. The molecule has 0 atom stereocenters. The average Bonchev–Trinajstić information content (AvgIpc) is 2.72. The molecular weight excluding hydrogens is 216 g/mol. The van der Waals surface area contributed by atoms with Gasteiger partial charge >= 0.3 is 0 Å². The van der Waals surface area contributed by atoms with Gasteiger partial charge in [-0.25, -0.2) is 15.0 Å². The minimum atomic E-state index is 0.232. The van der Waals surface area contributed by atoms with E-state index < -0.39 is 0 Å². The number of phenols is 1. The second kappa shape index (κ2) is 3.55. The Kier molecular flexibility index (Phi) is 2.04. The second-order valence-electron chi connectivity index (χ2n) is 3.80. The van der Waals surface area contributed by atoms with Crippen LogP contribution < -0.4 is 0 Å². The lowest BCUT2D eigenvalue weighted by Gasteiger charge is -2.00. The quantitative estimate of drug-likeness (QED) is 0.686. The number of aromatic nitrogens is 4. The maximum Gasteiger partial charge on any atom is 0.163 e. The highest BCUT2D eigenvalue weighted by atomic mass is 16.3. The molecule has 0 saturated heterocycles. The number of aryl methyl sites for hydroxylation is 1. The standard InChI is InChI=1S/C12H10N4O/c1-16-7-14-10-6-13-11(15-12(10)16)8-2-4-9(17)5-3-8/h2-7,17H,1H3. The van der Waals surface area contributed by atoms with E-state index in [1.807, 2.05) is 11.6 Å². The molecule has 84 valence electrons. The Balaban J connectivity index is 2.17. The molecule has 1 N–H and O–H groups in total. The third-order valence-electron chi connectivity index (χ3n) is 2.58. The Bertz CT molecular complexity index is 673. The number of benzene rings is 1. The Morgan fingerprint density at radius 2 is 1.88 bits per heavy atom. The normalized spacial score (nSPS) is 10.9. The maximum atomic E-state index is 9.23. The lowest BCUT2D eigenvalue weighted by Crippen LogP contribution is -1.93. The fourth-order valence-electron chi connectivity index (χ4n) is 1.67. The van der Waals surface area contributed by atoms with E-state index >= 15 is 0 Å². The van der Waals surface area contributed by atoms with E-state index in [0.717, 1.165) is 16.7 Å². The first-order chi connectivity index (χ1) is 8.24. The van der Waals surface area contributed by atoms with E-state index in [1.165, 1.54) is 0 Å². The number of phenolic OH excluding ortho intramolecular Hbond substituents is 1. The van der Waals surface area contributed by atoms with Crippen LogP contribution in [0.1, 0.15) is 0 Å². The van der Waals surface area contributed by atoms with E-state index in [2.05, 4.69) is 15.0 Å². The molecular formula is C12H10N4O. The van der Waals surface area contributed by atoms with Gasteiger partial charge in [-0.3, -0.25) is 0 Å². The zero-order valence-corrected chi connectivity index (χ0v) is 9.20. The van der Waals surface area contributed by atoms with E-state index in [1.54, 1.807) is 36.8 Å². The van der Waals surface area contributed by atoms with Crippen LogP contribution in [0.4, 0.5) is 0 Å². The summed E-state index contributed by atoms with van der Waals surface area (Å²) >= 11 is 0. The minimum absolute atomic E-state index is 0.232. The third-order valence-corrected chi connectivity index (χ3v) is 2.58. The Hall–Kier alpha value is -2.43.